The van der Waals surface area contributed by atoms with Crippen LogP contribution < -0.4 is 5.32 Å². The maximum atomic E-state index is 12.4. The maximum Gasteiger partial charge on any atom is 0.244 e. The Hall–Kier alpha value is -1.54. The second-order valence-electron chi connectivity index (χ2n) is 5.09. The van der Waals surface area contributed by atoms with Gasteiger partial charge in [0, 0.05) is 9.26 Å². The van der Waals surface area contributed by atoms with E-state index in [9.17, 15) is 4.79 Å². The van der Waals surface area contributed by atoms with E-state index in [2.05, 4.69) is 32.9 Å². The van der Waals surface area contributed by atoms with Gasteiger partial charge in [-0.15, -0.1) is 0 Å². The van der Waals surface area contributed by atoms with E-state index in [4.69, 9.17) is 0 Å². The Bertz CT molecular complexity index is 829. The molecule has 0 atom stereocenters. The number of carbonyl (C=O) groups excluding carboxylic acids is 1. The molecule has 4 nitrogen and oxygen atoms in total. The van der Waals surface area contributed by atoms with Gasteiger partial charge in [0.25, 0.3) is 0 Å². The number of carbonyl (C=O) groups is 1. The van der Waals surface area contributed by atoms with Gasteiger partial charge >= 0.3 is 0 Å². The number of hydrogen-bond donors (Lipinski definition) is 1. The predicted molar refractivity (Wildman–Crippen MR) is 105 cm³/mol. The summed E-state index contributed by atoms with van der Waals surface area (Å²) in [5, 5.41) is 2.94. The van der Waals surface area contributed by atoms with Gasteiger partial charge in [-0.2, -0.15) is 11.8 Å². The van der Waals surface area contributed by atoms with E-state index in [0.717, 1.165) is 31.9 Å². The van der Waals surface area contributed by atoms with E-state index in [1.165, 1.54) is 0 Å². The molecule has 3 aromatic rings. The molecule has 1 N–H and O–H groups in total. The van der Waals surface area contributed by atoms with Crippen LogP contribution in [0.2, 0.25) is 0 Å². The molecule has 0 bridgehead atoms. The molecular formula is C17H16IN3OS. The lowest BCUT2D eigenvalue weighted by Crippen LogP contribution is -2.20. The third-order valence-electron chi connectivity index (χ3n) is 3.44. The van der Waals surface area contributed by atoms with Gasteiger partial charge in [0.1, 0.15) is 12.4 Å². The molecule has 1 heterocycles. The van der Waals surface area contributed by atoms with E-state index >= 15 is 0 Å². The number of nitrogens with zero attached hydrogens (tertiary/aromatic N) is 2. The fraction of sp³-hybridized carbons (Fsp3) is 0.176. The summed E-state index contributed by atoms with van der Waals surface area (Å²) in [5.41, 5.74) is 2.74. The number of benzene rings is 2. The summed E-state index contributed by atoms with van der Waals surface area (Å²) in [4.78, 5) is 17.0. The van der Waals surface area contributed by atoms with Crippen molar-refractivity contribution in [3.63, 3.8) is 0 Å². The van der Waals surface area contributed by atoms with Gasteiger partial charge in [-0.05, 0) is 65.2 Å². The van der Waals surface area contributed by atoms with Crippen LogP contribution in [0.3, 0.4) is 0 Å². The number of rotatable bonds is 5. The summed E-state index contributed by atoms with van der Waals surface area (Å²) in [7, 11) is 0. The zero-order chi connectivity index (χ0) is 16.2. The van der Waals surface area contributed by atoms with Crippen LogP contribution in [0.4, 0.5) is 5.69 Å². The summed E-state index contributed by atoms with van der Waals surface area (Å²) < 4.78 is 3.14. The van der Waals surface area contributed by atoms with Crippen LogP contribution in [0.25, 0.3) is 11.0 Å². The average Bonchev–Trinajstić information content (AvgIpc) is 2.88. The molecule has 6 heteroatoms. The molecule has 118 valence electrons. The van der Waals surface area contributed by atoms with Crippen molar-refractivity contribution in [3.05, 3.63) is 57.9 Å². The van der Waals surface area contributed by atoms with Crippen molar-refractivity contribution in [2.24, 2.45) is 0 Å². The summed E-state index contributed by atoms with van der Waals surface area (Å²) in [6.07, 6.45) is 2.04. The van der Waals surface area contributed by atoms with Gasteiger partial charge in [-0.25, -0.2) is 4.98 Å². The molecule has 3 rings (SSSR count). The molecular weight excluding hydrogens is 421 g/mol. The number of anilines is 1. The number of aromatic nitrogens is 2. The van der Waals surface area contributed by atoms with Crippen LogP contribution in [0.1, 0.15) is 5.82 Å². The lowest BCUT2D eigenvalue weighted by molar-refractivity contribution is -0.116. The molecule has 0 spiro atoms. The predicted octanol–water partition coefficient (Wildman–Crippen LogP) is 4.14. The molecule has 23 heavy (non-hydrogen) atoms. The fourth-order valence-corrected chi connectivity index (χ4v) is 3.26. The topological polar surface area (TPSA) is 46.9 Å². The second-order valence-corrected chi connectivity index (χ2v) is 7.20. The third-order valence-corrected chi connectivity index (χ3v) is 4.70. The normalized spacial score (nSPS) is 10.9. The largest absolute Gasteiger partial charge is 0.325 e. The minimum Gasteiger partial charge on any atom is -0.325 e. The van der Waals surface area contributed by atoms with Crippen molar-refractivity contribution >= 4 is 57.0 Å². The van der Waals surface area contributed by atoms with Crippen LogP contribution in [0, 0.1) is 3.57 Å². The van der Waals surface area contributed by atoms with Crippen molar-refractivity contribution in [1.29, 1.82) is 0 Å². The van der Waals surface area contributed by atoms with Gasteiger partial charge in [0.2, 0.25) is 5.91 Å². The van der Waals surface area contributed by atoms with Gasteiger partial charge < -0.3 is 9.88 Å². The fourth-order valence-electron chi connectivity index (χ4n) is 2.42. The van der Waals surface area contributed by atoms with Gasteiger partial charge in [0.05, 0.1) is 16.8 Å². The number of thioether (sulfide) groups is 1. The first-order valence-electron chi connectivity index (χ1n) is 7.16. The third kappa shape index (κ3) is 3.87. The highest BCUT2D eigenvalue weighted by Crippen LogP contribution is 2.19. The van der Waals surface area contributed by atoms with Crippen molar-refractivity contribution in [2.75, 3.05) is 11.6 Å². The minimum atomic E-state index is -0.0447. The zero-order valence-corrected chi connectivity index (χ0v) is 15.6. The molecule has 0 radical (unpaired) electrons. The SMILES string of the molecule is CSCc1nc2ccccc2n1CC(=O)Nc1ccc(I)cc1. The number of nitrogens with one attached hydrogen (secondary N) is 1. The van der Waals surface area contributed by atoms with Crippen molar-refractivity contribution < 1.29 is 4.79 Å². The number of para-hydroxylation sites is 2. The Morgan fingerprint density at radius 3 is 2.70 bits per heavy atom. The zero-order valence-electron chi connectivity index (χ0n) is 12.6. The molecule has 0 unspecified atom stereocenters. The molecule has 0 saturated heterocycles. The smallest absolute Gasteiger partial charge is 0.244 e. The Balaban J connectivity index is 1.83. The second kappa shape index (κ2) is 7.35. The quantitative estimate of drug-likeness (QED) is 0.611. The molecule has 1 aromatic heterocycles. The lowest BCUT2D eigenvalue weighted by Gasteiger charge is -2.09. The van der Waals surface area contributed by atoms with Crippen molar-refractivity contribution in [3.8, 4) is 0 Å². The Morgan fingerprint density at radius 1 is 1.22 bits per heavy atom. The molecule has 0 aliphatic heterocycles. The lowest BCUT2D eigenvalue weighted by atomic mass is 10.3. The highest BCUT2D eigenvalue weighted by molar-refractivity contribution is 14.1. The first-order chi connectivity index (χ1) is 11.2. The van der Waals surface area contributed by atoms with Gasteiger partial charge in [-0.3, -0.25) is 4.79 Å². The first-order valence-corrected chi connectivity index (χ1v) is 9.63. The number of halogens is 1. The number of amides is 1. The number of imidazole rings is 1. The Kier molecular flexibility index (Phi) is 5.22. The van der Waals surface area contributed by atoms with E-state index in [1.807, 2.05) is 59.4 Å². The molecule has 0 aliphatic rings. The van der Waals surface area contributed by atoms with E-state index in [-0.39, 0.29) is 12.5 Å². The monoisotopic (exact) mass is 437 g/mol. The number of hydrogen-bond acceptors (Lipinski definition) is 3. The Labute approximate surface area is 152 Å². The van der Waals surface area contributed by atoms with E-state index < -0.39 is 0 Å². The van der Waals surface area contributed by atoms with Gasteiger partial charge in [-0.1, -0.05) is 12.1 Å². The molecule has 0 aliphatic carbocycles. The summed E-state index contributed by atoms with van der Waals surface area (Å²) in [6.45, 7) is 0.266. The van der Waals surface area contributed by atoms with E-state index in [1.54, 1.807) is 11.8 Å². The summed E-state index contributed by atoms with van der Waals surface area (Å²) >= 11 is 3.94. The first kappa shape index (κ1) is 16.3. The molecule has 0 saturated carbocycles. The van der Waals surface area contributed by atoms with Crippen molar-refractivity contribution in [1.82, 2.24) is 9.55 Å². The minimum absolute atomic E-state index is 0.0447. The van der Waals surface area contributed by atoms with Crippen molar-refractivity contribution in [2.45, 2.75) is 12.3 Å². The number of fused-ring (bicyclic) bond motifs is 1. The van der Waals surface area contributed by atoms with Crippen LogP contribution in [0.15, 0.2) is 48.5 Å². The van der Waals surface area contributed by atoms with Gasteiger partial charge in [0.15, 0.2) is 0 Å². The standard InChI is InChI=1S/C17H16IN3OS/c1-23-11-16-20-14-4-2-3-5-15(14)21(16)10-17(22)19-13-8-6-12(18)7-9-13/h2-9H,10-11H2,1H3,(H,19,22). The highest BCUT2D eigenvalue weighted by atomic mass is 127. The average molecular weight is 437 g/mol. The summed E-state index contributed by atoms with van der Waals surface area (Å²) in [6, 6.07) is 15.7. The van der Waals surface area contributed by atoms with E-state index in [0.29, 0.717) is 0 Å². The van der Waals surface area contributed by atoms with Crippen LogP contribution in [0.5, 0.6) is 0 Å². The molecule has 0 fully saturated rings. The highest BCUT2D eigenvalue weighted by Gasteiger charge is 2.13. The molecule has 2 aromatic carbocycles. The summed E-state index contributed by atoms with van der Waals surface area (Å²) in [5.74, 6) is 1.67. The van der Waals surface area contributed by atoms with Crippen LogP contribution in [-0.4, -0.2) is 21.7 Å². The molecule has 1 amide bonds. The Morgan fingerprint density at radius 2 is 1.96 bits per heavy atom. The van der Waals surface area contributed by atoms with Crippen LogP contribution in [-0.2, 0) is 17.1 Å². The van der Waals surface area contributed by atoms with Crippen LogP contribution >= 0.6 is 34.4 Å². The maximum absolute atomic E-state index is 12.4.